The van der Waals surface area contributed by atoms with Gasteiger partial charge in [-0.3, -0.25) is 0 Å². The minimum Gasteiger partial charge on any atom is -0.392 e. The molecule has 110 valence electrons. The molecule has 0 spiro atoms. The van der Waals surface area contributed by atoms with Gasteiger partial charge in [0.2, 0.25) is 5.79 Å². The monoisotopic (exact) mass is 284 g/mol. The Morgan fingerprint density at radius 1 is 1.10 bits per heavy atom. The van der Waals surface area contributed by atoms with E-state index in [0.29, 0.717) is 6.61 Å². The van der Waals surface area contributed by atoms with E-state index in [2.05, 4.69) is 6.92 Å². The van der Waals surface area contributed by atoms with Crippen molar-refractivity contribution in [1.29, 1.82) is 0 Å². The minimum absolute atomic E-state index is 0.0359. The van der Waals surface area contributed by atoms with Gasteiger partial charge in [0.25, 0.3) is 0 Å². The van der Waals surface area contributed by atoms with Crippen LogP contribution < -0.4 is 0 Å². The average Bonchev–Trinajstić information content (AvgIpc) is 2.55. The summed E-state index contributed by atoms with van der Waals surface area (Å²) in [6, 6.07) is 17.7. The van der Waals surface area contributed by atoms with E-state index in [0.717, 1.165) is 23.1 Å². The summed E-state index contributed by atoms with van der Waals surface area (Å²) >= 11 is 0. The lowest BCUT2D eigenvalue weighted by Gasteiger charge is -2.41. The number of benzene rings is 2. The third kappa shape index (κ3) is 2.60. The van der Waals surface area contributed by atoms with E-state index >= 15 is 0 Å². The summed E-state index contributed by atoms with van der Waals surface area (Å²) in [5.74, 6) is -0.932. The first-order valence-electron chi connectivity index (χ1n) is 7.33. The fourth-order valence-electron chi connectivity index (χ4n) is 2.83. The van der Waals surface area contributed by atoms with Gasteiger partial charge in [-0.15, -0.1) is 0 Å². The van der Waals surface area contributed by atoms with Crippen molar-refractivity contribution in [3.05, 3.63) is 71.3 Å². The third-order valence-electron chi connectivity index (χ3n) is 3.89. The van der Waals surface area contributed by atoms with E-state index < -0.39 is 5.79 Å². The molecule has 0 radical (unpaired) electrons. The van der Waals surface area contributed by atoms with Gasteiger partial charge >= 0.3 is 0 Å². The second-order valence-electron chi connectivity index (χ2n) is 5.36. The molecule has 2 aromatic rings. The number of aliphatic hydroxyl groups is 1. The van der Waals surface area contributed by atoms with E-state index in [1.165, 1.54) is 0 Å². The van der Waals surface area contributed by atoms with Crippen molar-refractivity contribution in [2.45, 2.75) is 31.8 Å². The predicted octanol–water partition coefficient (Wildman–Crippen LogP) is 3.21. The Labute approximate surface area is 125 Å². The Bertz CT molecular complexity index is 596. The topological polar surface area (TPSA) is 38.7 Å². The first-order chi connectivity index (χ1) is 10.3. The Kier molecular flexibility index (Phi) is 4.06. The number of rotatable bonds is 3. The summed E-state index contributed by atoms with van der Waals surface area (Å²) < 4.78 is 12.4. The molecule has 1 N–H and O–H groups in total. The summed E-state index contributed by atoms with van der Waals surface area (Å²) in [7, 11) is 0. The molecule has 2 atom stereocenters. The van der Waals surface area contributed by atoms with Crippen LogP contribution in [-0.4, -0.2) is 17.8 Å². The molecule has 0 amide bonds. The SMILES string of the molecule is CC1CCOC(c2ccccc2)(c2ccccc2CO)O1. The van der Waals surface area contributed by atoms with Crippen molar-refractivity contribution in [2.75, 3.05) is 6.61 Å². The summed E-state index contributed by atoms with van der Waals surface area (Å²) in [4.78, 5) is 0. The van der Waals surface area contributed by atoms with Gasteiger partial charge in [0.1, 0.15) is 0 Å². The molecule has 1 aliphatic rings. The molecule has 0 aromatic heterocycles. The average molecular weight is 284 g/mol. The summed E-state index contributed by atoms with van der Waals surface area (Å²) in [5.41, 5.74) is 2.66. The molecule has 1 aliphatic heterocycles. The first-order valence-corrected chi connectivity index (χ1v) is 7.33. The number of ether oxygens (including phenoxy) is 2. The maximum absolute atomic E-state index is 9.67. The predicted molar refractivity (Wildman–Crippen MR) is 80.7 cm³/mol. The van der Waals surface area contributed by atoms with E-state index in [1.54, 1.807) is 0 Å². The quantitative estimate of drug-likeness (QED) is 0.940. The van der Waals surface area contributed by atoms with Gasteiger partial charge in [0.15, 0.2) is 0 Å². The first kappa shape index (κ1) is 14.3. The highest BCUT2D eigenvalue weighted by atomic mass is 16.7. The van der Waals surface area contributed by atoms with Gasteiger partial charge in [-0.05, 0) is 18.9 Å². The Morgan fingerprint density at radius 2 is 1.81 bits per heavy atom. The maximum Gasteiger partial charge on any atom is 0.222 e. The highest BCUT2D eigenvalue weighted by Crippen LogP contribution is 2.40. The van der Waals surface area contributed by atoms with Crippen LogP contribution in [0.3, 0.4) is 0 Å². The van der Waals surface area contributed by atoms with Crippen LogP contribution in [0.15, 0.2) is 54.6 Å². The maximum atomic E-state index is 9.67. The zero-order chi connectivity index (χ0) is 14.7. The van der Waals surface area contributed by atoms with Crippen molar-refractivity contribution in [1.82, 2.24) is 0 Å². The molecule has 0 aliphatic carbocycles. The molecular formula is C18H20O3. The number of hydrogen-bond acceptors (Lipinski definition) is 3. The zero-order valence-corrected chi connectivity index (χ0v) is 12.2. The molecule has 3 heteroatoms. The summed E-state index contributed by atoms with van der Waals surface area (Å²) in [6.07, 6.45) is 0.973. The van der Waals surface area contributed by atoms with Crippen LogP contribution in [-0.2, 0) is 21.9 Å². The van der Waals surface area contributed by atoms with Gasteiger partial charge in [-0.1, -0.05) is 54.6 Å². The normalized spacial score (nSPS) is 25.7. The lowest BCUT2D eigenvalue weighted by atomic mass is 9.92. The van der Waals surface area contributed by atoms with E-state index in [1.807, 2.05) is 54.6 Å². The molecule has 1 fully saturated rings. The van der Waals surface area contributed by atoms with Crippen LogP contribution in [0.25, 0.3) is 0 Å². The van der Waals surface area contributed by atoms with Crippen LogP contribution in [0, 0.1) is 0 Å². The largest absolute Gasteiger partial charge is 0.392 e. The zero-order valence-electron chi connectivity index (χ0n) is 12.2. The molecule has 3 nitrogen and oxygen atoms in total. The van der Waals surface area contributed by atoms with E-state index in [9.17, 15) is 5.11 Å². The van der Waals surface area contributed by atoms with E-state index in [-0.39, 0.29) is 12.7 Å². The highest BCUT2D eigenvalue weighted by molar-refractivity contribution is 5.39. The molecule has 2 unspecified atom stereocenters. The van der Waals surface area contributed by atoms with Gasteiger partial charge in [-0.2, -0.15) is 0 Å². The minimum atomic E-state index is -0.932. The van der Waals surface area contributed by atoms with Crippen LogP contribution in [0.2, 0.25) is 0 Å². The van der Waals surface area contributed by atoms with Crippen molar-refractivity contribution < 1.29 is 14.6 Å². The molecule has 21 heavy (non-hydrogen) atoms. The van der Waals surface area contributed by atoms with Gasteiger partial charge in [0.05, 0.1) is 19.3 Å². The van der Waals surface area contributed by atoms with Crippen LogP contribution in [0.5, 0.6) is 0 Å². The molecule has 3 rings (SSSR count). The Morgan fingerprint density at radius 3 is 2.52 bits per heavy atom. The molecule has 2 aromatic carbocycles. The van der Waals surface area contributed by atoms with Crippen molar-refractivity contribution in [3.8, 4) is 0 Å². The molecule has 0 saturated carbocycles. The Hall–Kier alpha value is -1.68. The highest BCUT2D eigenvalue weighted by Gasteiger charge is 2.42. The standard InChI is InChI=1S/C18H20O3/c1-14-11-12-20-18(21-14,16-8-3-2-4-9-16)17-10-6-5-7-15(17)13-19/h2-10,14,19H,11-13H2,1H3. The van der Waals surface area contributed by atoms with Crippen molar-refractivity contribution in [3.63, 3.8) is 0 Å². The lowest BCUT2D eigenvalue weighted by Crippen LogP contribution is -2.43. The van der Waals surface area contributed by atoms with Crippen LogP contribution >= 0.6 is 0 Å². The summed E-state index contributed by atoms with van der Waals surface area (Å²) in [6.45, 7) is 2.66. The van der Waals surface area contributed by atoms with Crippen molar-refractivity contribution in [2.24, 2.45) is 0 Å². The number of hydrogen-bond donors (Lipinski definition) is 1. The Balaban J connectivity index is 2.17. The molecule has 1 saturated heterocycles. The number of aliphatic hydroxyl groups excluding tert-OH is 1. The third-order valence-corrected chi connectivity index (χ3v) is 3.89. The second-order valence-corrected chi connectivity index (χ2v) is 5.36. The smallest absolute Gasteiger partial charge is 0.222 e. The second kappa shape index (κ2) is 5.98. The van der Waals surface area contributed by atoms with Gasteiger partial charge in [-0.25, -0.2) is 0 Å². The van der Waals surface area contributed by atoms with Crippen molar-refractivity contribution >= 4 is 0 Å². The lowest BCUT2D eigenvalue weighted by molar-refractivity contribution is -0.274. The van der Waals surface area contributed by atoms with E-state index in [4.69, 9.17) is 9.47 Å². The van der Waals surface area contributed by atoms with Crippen LogP contribution in [0.1, 0.15) is 30.0 Å². The fraction of sp³-hybridized carbons (Fsp3) is 0.333. The molecular weight excluding hydrogens is 264 g/mol. The molecule has 1 heterocycles. The fourth-order valence-corrected chi connectivity index (χ4v) is 2.83. The summed E-state index contributed by atoms with van der Waals surface area (Å²) in [5, 5.41) is 9.67. The molecule has 0 bridgehead atoms. The van der Waals surface area contributed by atoms with Crippen LogP contribution in [0.4, 0.5) is 0 Å². The van der Waals surface area contributed by atoms with Gasteiger partial charge in [0, 0.05) is 11.1 Å². The van der Waals surface area contributed by atoms with Gasteiger partial charge < -0.3 is 14.6 Å².